The van der Waals surface area contributed by atoms with E-state index in [0.29, 0.717) is 28.4 Å². The standard InChI is InChI=1S/C20H18F2N6/c1-9-11-6-5-7-12(17(11)26-24-9)15-13(21)8-14-18(16(15)22)28-10(2)25-27-19(28)20(3,4)23-14/h5-8,23H,1-4H3,(H,24,26). The van der Waals surface area contributed by atoms with E-state index in [0.717, 1.165) is 11.1 Å². The fourth-order valence-corrected chi connectivity index (χ4v) is 3.98. The Morgan fingerprint density at radius 1 is 1.11 bits per heavy atom. The number of nitrogens with zero attached hydrogens (tertiary/aromatic N) is 4. The lowest BCUT2D eigenvalue weighted by molar-refractivity contribution is 0.517. The first-order valence-corrected chi connectivity index (χ1v) is 8.96. The first-order valence-electron chi connectivity index (χ1n) is 8.96. The summed E-state index contributed by atoms with van der Waals surface area (Å²) in [7, 11) is 0. The quantitative estimate of drug-likeness (QED) is 0.515. The molecule has 3 heterocycles. The predicted molar refractivity (Wildman–Crippen MR) is 102 cm³/mol. The zero-order valence-electron chi connectivity index (χ0n) is 15.9. The van der Waals surface area contributed by atoms with Gasteiger partial charge in [0.2, 0.25) is 0 Å². The average molecular weight is 380 g/mol. The summed E-state index contributed by atoms with van der Waals surface area (Å²) in [5.41, 5.74) is 1.67. The van der Waals surface area contributed by atoms with E-state index in [9.17, 15) is 0 Å². The van der Waals surface area contributed by atoms with Crippen molar-refractivity contribution < 1.29 is 8.78 Å². The Balaban J connectivity index is 1.86. The summed E-state index contributed by atoms with van der Waals surface area (Å²) in [6, 6.07) is 6.67. The molecule has 0 amide bonds. The van der Waals surface area contributed by atoms with Gasteiger partial charge in [-0.2, -0.15) is 5.10 Å². The highest BCUT2D eigenvalue weighted by atomic mass is 19.1. The molecule has 0 atom stereocenters. The van der Waals surface area contributed by atoms with E-state index in [4.69, 9.17) is 0 Å². The van der Waals surface area contributed by atoms with Crippen molar-refractivity contribution in [1.82, 2.24) is 25.0 Å². The van der Waals surface area contributed by atoms with Crippen LogP contribution in [0.3, 0.4) is 0 Å². The van der Waals surface area contributed by atoms with E-state index in [-0.39, 0.29) is 11.3 Å². The van der Waals surface area contributed by atoms with Gasteiger partial charge in [0.1, 0.15) is 17.3 Å². The van der Waals surface area contributed by atoms with Gasteiger partial charge < -0.3 is 5.32 Å². The van der Waals surface area contributed by atoms with E-state index in [1.807, 2.05) is 26.8 Å². The summed E-state index contributed by atoms with van der Waals surface area (Å²) in [5, 5.41) is 19.4. The molecule has 28 heavy (non-hydrogen) atoms. The minimum atomic E-state index is -0.665. The second kappa shape index (κ2) is 5.37. The minimum Gasteiger partial charge on any atom is -0.371 e. The lowest BCUT2D eigenvalue weighted by Crippen LogP contribution is -2.36. The number of aryl methyl sites for hydroxylation is 2. The third-order valence-electron chi connectivity index (χ3n) is 5.31. The summed E-state index contributed by atoms with van der Waals surface area (Å²) >= 11 is 0. The van der Waals surface area contributed by atoms with Crippen LogP contribution in [-0.2, 0) is 5.54 Å². The van der Waals surface area contributed by atoms with Gasteiger partial charge in [-0.25, -0.2) is 8.78 Å². The summed E-state index contributed by atoms with van der Waals surface area (Å²) in [4.78, 5) is 0. The smallest absolute Gasteiger partial charge is 0.162 e. The topological polar surface area (TPSA) is 71.4 Å². The first kappa shape index (κ1) is 16.9. The number of aromatic nitrogens is 5. The molecular weight excluding hydrogens is 362 g/mol. The number of fused-ring (bicyclic) bond motifs is 4. The molecule has 5 rings (SSSR count). The molecule has 0 unspecified atom stereocenters. The van der Waals surface area contributed by atoms with Gasteiger partial charge in [-0.15, -0.1) is 10.2 Å². The molecular formula is C20H18F2N6. The number of hydrogen-bond acceptors (Lipinski definition) is 4. The van der Waals surface area contributed by atoms with Gasteiger partial charge in [0.05, 0.1) is 28.0 Å². The summed E-state index contributed by atoms with van der Waals surface area (Å²) in [6.07, 6.45) is 0. The van der Waals surface area contributed by atoms with Crippen LogP contribution in [0.4, 0.5) is 14.5 Å². The van der Waals surface area contributed by atoms with Crippen molar-refractivity contribution in [3.05, 3.63) is 53.2 Å². The Morgan fingerprint density at radius 3 is 2.68 bits per heavy atom. The second-order valence-electron chi connectivity index (χ2n) is 7.64. The maximum Gasteiger partial charge on any atom is 0.162 e. The molecule has 0 radical (unpaired) electrons. The largest absolute Gasteiger partial charge is 0.371 e. The van der Waals surface area contributed by atoms with E-state index in [1.54, 1.807) is 23.6 Å². The van der Waals surface area contributed by atoms with E-state index in [1.165, 1.54) is 6.07 Å². The molecule has 0 bridgehead atoms. The highest BCUT2D eigenvalue weighted by molar-refractivity contribution is 5.96. The Kier molecular flexibility index (Phi) is 3.23. The molecule has 2 aromatic carbocycles. The summed E-state index contributed by atoms with van der Waals surface area (Å²) in [6.45, 7) is 7.39. The number of rotatable bonds is 1. The molecule has 0 saturated heterocycles. The monoisotopic (exact) mass is 380 g/mol. The third-order valence-corrected chi connectivity index (χ3v) is 5.31. The Morgan fingerprint density at radius 2 is 1.89 bits per heavy atom. The van der Waals surface area contributed by atoms with Crippen LogP contribution in [0.5, 0.6) is 0 Å². The van der Waals surface area contributed by atoms with E-state index >= 15 is 8.78 Å². The van der Waals surface area contributed by atoms with Crippen LogP contribution in [-0.4, -0.2) is 25.0 Å². The number of halogens is 2. The number of anilines is 1. The second-order valence-corrected chi connectivity index (χ2v) is 7.64. The number of para-hydroxylation sites is 1. The number of aromatic amines is 1. The first-order chi connectivity index (χ1) is 13.3. The minimum absolute atomic E-state index is 0.103. The van der Waals surface area contributed by atoms with Crippen LogP contribution < -0.4 is 5.32 Å². The SMILES string of the molecule is Cc1n[nH]c2c(-c3c(F)cc4c(c3F)-n3c(C)nnc3C(C)(C)N4)cccc12. The molecule has 0 spiro atoms. The van der Waals surface area contributed by atoms with Crippen LogP contribution in [0, 0.1) is 25.5 Å². The van der Waals surface area contributed by atoms with Gasteiger partial charge in [0, 0.05) is 17.0 Å². The maximum atomic E-state index is 15.8. The zero-order chi connectivity index (χ0) is 19.8. The predicted octanol–water partition coefficient (Wildman–Crippen LogP) is 4.37. The molecule has 2 aromatic heterocycles. The van der Waals surface area contributed by atoms with Crippen molar-refractivity contribution in [3.63, 3.8) is 0 Å². The Bertz CT molecular complexity index is 1270. The molecule has 6 nitrogen and oxygen atoms in total. The van der Waals surface area contributed by atoms with Gasteiger partial charge in [-0.05, 0) is 27.7 Å². The van der Waals surface area contributed by atoms with E-state index < -0.39 is 17.2 Å². The molecule has 0 fully saturated rings. The zero-order valence-corrected chi connectivity index (χ0v) is 15.9. The maximum absolute atomic E-state index is 15.8. The highest BCUT2D eigenvalue weighted by Gasteiger charge is 2.37. The summed E-state index contributed by atoms with van der Waals surface area (Å²) in [5.74, 6) is -0.196. The summed E-state index contributed by atoms with van der Waals surface area (Å²) < 4.78 is 32.6. The lowest BCUT2D eigenvalue weighted by Gasteiger charge is -2.34. The number of hydrogen-bond donors (Lipinski definition) is 2. The van der Waals surface area contributed by atoms with E-state index in [2.05, 4.69) is 25.7 Å². The van der Waals surface area contributed by atoms with Gasteiger partial charge in [-0.1, -0.05) is 18.2 Å². The van der Waals surface area contributed by atoms with Crippen LogP contribution >= 0.6 is 0 Å². The van der Waals surface area contributed by atoms with Crippen LogP contribution in [0.1, 0.15) is 31.2 Å². The normalized spacial score (nSPS) is 14.6. The third kappa shape index (κ3) is 2.08. The fourth-order valence-electron chi connectivity index (χ4n) is 3.98. The Labute approximate surface area is 159 Å². The molecule has 8 heteroatoms. The number of H-pyrrole nitrogens is 1. The van der Waals surface area contributed by atoms with Crippen molar-refractivity contribution in [2.24, 2.45) is 0 Å². The van der Waals surface area contributed by atoms with Crippen molar-refractivity contribution >= 4 is 16.6 Å². The molecule has 1 aliphatic heterocycles. The van der Waals surface area contributed by atoms with Gasteiger partial charge in [0.25, 0.3) is 0 Å². The van der Waals surface area contributed by atoms with Crippen LogP contribution in [0.25, 0.3) is 27.7 Å². The van der Waals surface area contributed by atoms with Crippen molar-refractivity contribution in [2.45, 2.75) is 33.2 Å². The van der Waals surface area contributed by atoms with Gasteiger partial charge in [-0.3, -0.25) is 9.67 Å². The van der Waals surface area contributed by atoms with Gasteiger partial charge in [0.15, 0.2) is 11.6 Å². The van der Waals surface area contributed by atoms with Crippen molar-refractivity contribution in [2.75, 3.05) is 5.32 Å². The lowest BCUT2D eigenvalue weighted by atomic mass is 9.95. The highest BCUT2D eigenvalue weighted by Crippen LogP contribution is 2.43. The molecule has 0 saturated carbocycles. The van der Waals surface area contributed by atoms with Crippen LogP contribution in [0.2, 0.25) is 0 Å². The number of nitrogens with one attached hydrogen (secondary N) is 2. The molecule has 2 N–H and O–H groups in total. The molecule has 142 valence electrons. The average Bonchev–Trinajstić information content (AvgIpc) is 3.19. The van der Waals surface area contributed by atoms with Gasteiger partial charge >= 0.3 is 0 Å². The van der Waals surface area contributed by atoms with Crippen LogP contribution in [0.15, 0.2) is 24.3 Å². The number of benzene rings is 2. The van der Waals surface area contributed by atoms with Crippen molar-refractivity contribution in [3.8, 4) is 16.8 Å². The molecule has 0 aliphatic carbocycles. The molecule has 1 aliphatic rings. The fraction of sp³-hybridized carbons (Fsp3) is 0.250. The Hall–Kier alpha value is -3.29. The van der Waals surface area contributed by atoms with Crippen molar-refractivity contribution in [1.29, 1.82) is 0 Å². The molecule has 4 aromatic rings.